The van der Waals surface area contributed by atoms with E-state index in [1.54, 1.807) is 0 Å². The molecular formula is C19H25N3O2S. The highest BCUT2D eigenvalue weighted by Crippen LogP contribution is 2.29. The number of carbonyl (C=O) groups excluding carboxylic acids is 1. The summed E-state index contributed by atoms with van der Waals surface area (Å²) in [5.41, 5.74) is 2.04. The summed E-state index contributed by atoms with van der Waals surface area (Å²) in [5.74, 6) is 2.01. The first-order chi connectivity index (χ1) is 12.0. The van der Waals surface area contributed by atoms with Crippen LogP contribution in [0.15, 0.2) is 33.9 Å². The van der Waals surface area contributed by atoms with Crippen LogP contribution in [-0.2, 0) is 4.79 Å². The molecule has 1 fully saturated rings. The van der Waals surface area contributed by atoms with E-state index < -0.39 is 0 Å². The highest BCUT2D eigenvalue weighted by Gasteiger charge is 2.28. The summed E-state index contributed by atoms with van der Waals surface area (Å²) < 4.78 is 5.66. The summed E-state index contributed by atoms with van der Waals surface area (Å²) in [6, 6.07) is 8.20. The fraction of sp³-hybridized carbons (Fsp3) is 0.526. The largest absolute Gasteiger partial charge is 0.411 e. The van der Waals surface area contributed by atoms with Gasteiger partial charge in [0.15, 0.2) is 0 Å². The highest BCUT2D eigenvalue weighted by atomic mass is 32.2. The molecule has 0 unspecified atom stereocenters. The van der Waals surface area contributed by atoms with Crippen molar-refractivity contribution >= 4 is 17.7 Å². The molecule has 0 saturated heterocycles. The summed E-state index contributed by atoms with van der Waals surface area (Å²) in [6.45, 7) is 6.52. The number of hydrogen-bond donors (Lipinski definition) is 1. The molecule has 1 N–H and O–H groups in total. The fourth-order valence-electron chi connectivity index (χ4n) is 3.32. The van der Waals surface area contributed by atoms with E-state index in [1.165, 1.54) is 24.6 Å². The third kappa shape index (κ3) is 4.63. The first kappa shape index (κ1) is 18.0. The number of carbonyl (C=O) groups is 1. The maximum Gasteiger partial charge on any atom is 0.277 e. The number of amides is 1. The Hall–Kier alpha value is -1.82. The minimum absolute atomic E-state index is 0.0336. The Bertz CT molecular complexity index is 731. The number of nitrogens with zero attached hydrogens (tertiary/aromatic N) is 2. The smallest absolute Gasteiger partial charge is 0.277 e. The first-order valence-electron chi connectivity index (χ1n) is 8.85. The Balaban J connectivity index is 1.53. The predicted molar refractivity (Wildman–Crippen MR) is 99.3 cm³/mol. The summed E-state index contributed by atoms with van der Waals surface area (Å²) in [7, 11) is 0. The lowest BCUT2D eigenvalue weighted by Crippen LogP contribution is -2.44. The van der Waals surface area contributed by atoms with Gasteiger partial charge in [0.25, 0.3) is 5.22 Å². The van der Waals surface area contributed by atoms with E-state index in [9.17, 15) is 4.79 Å². The lowest BCUT2D eigenvalue weighted by Gasteiger charge is -2.34. The van der Waals surface area contributed by atoms with Gasteiger partial charge in [-0.25, -0.2) is 0 Å². The molecule has 0 bridgehead atoms. The van der Waals surface area contributed by atoms with Crippen molar-refractivity contribution in [2.75, 3.05) is 5.75 Å². The Morgan fingerprint density at radius 2 is 2.16 bits per heavy atom. The Morgan fingerprint density at radius 1 is 1.32 bits per heavy atom. The van der Waals surface area contributed by atoms with Crippen LogP contribution >= 0.6 is 11.8 Å². The molecule has 0 radical (unpaired) electrons. The van der Waals surface area contributed by atoms with Crippen LogP contribution in [0.25, 0.3) is 11.5 Å². The highest BCUT2D eigenvalue weighted by molar-refractivity contribution is 7.99. The third-order valence-corrected chi connectivity index (χ3v) is 5.87. The molecule has 1 aliphatic rings. The van der Waals surface area contributed by atoms with Crippen LogP contribution in [0.4, 0.5) is 0 Å². The molecule has 134 valence electrons. The number of rotatable bonds is 5. The molecule has 6 heteroatoms. The van der Waals surface area contributed by atoms with Crippen molar-refractivity contribution in [3.05, 3.63) is 29.8 Å². The van der Waals surface area contributed by atoms with Crippen molar-refractivity contribution in [3.63, 3.8) is 0 Å². The lowest BCUT2D eigenvalue weighted by molar-refractivity contribution is -0.120. The molecule has 1 aromatic carbocycles. The van der Waals surface area contributed by atoms with E-state index in [0.717, 1.165) is 17.5 Å². The molecule has 1 amide bonds. The second-order valence-corrected chi connectivity index (χ2v) is 7.90. The van der Waals surface area contributed by atoms with Gasteiger partial charge in [-0.15, -0.1) is 10.2 Å². The molecule has 0 aliphatic heterocycles. The zero-order valence-corrected chi connectivity index (χ0v) is 15.8. The predicted octanol–water partition coefficient (Wildman–Crippen LogP) is 4.08. The van der Waals surface area contributed by atoms with Gasteiger partial charge in [0.05, 0.1) is 5.75 Å². The van der Waals surface area contributed by atoms with Gasteiger partial charge in [-0.1, -0.05) is 56.1 Å². The average Bonchev–Trinajstić information content (AvgIpc) is 3.06. The third-order valence-electron chi connectivity index (χ3n) is 5.05. The normalized spacial score (nSPS) is 23.4. The zero-order valence-electron chi connectivity index (χ0n) is 15.0. The monoisotopic (exact) mass is 359 g/mol. The van der Waals surface area contributed by atoms with Crippen LogP contribution < -0.4 is 5.32 Å². The number of aryl methyl sites for hydroxylation is 1. The molecule has 1 aliphatic carbocycles. The zero-order chi connectivity index (χ0) is 17.8. The second-order valence-electron chi connectivity index (χ2n) is 6.97. The van der Waals surface area contributed by atoms with Crippen LogP contribution in [-0.4, -0.2) is 27.9 Å². The van der Waals surface area contributed by atoms with Crippen LogP contribution in [0.1, 0.15) is 38.7 Å². The summed E-state index contributed by atoms with van der Waals surface area (Å²) in [5, 5.41) is 11.7. The van der Waals surface area contributed by atoms with E-state index in [1.807, 2.05) is 31.2 Å². The van der Waals surface area contributed by atoms with E-state index in [-0.39, 0.29) is 11.9 Å². The van der Waals surface area contributed by atoms with Crippen LogP contribution in [0, 0.1) is 18.8 Å². The number of thioether (sulfide) groups is 1. The van der Waals surface area contributed by atoms with Crippen molar-refractivity contribution in [2.24, 2.45) is 11.8 Å². The van der Waals surface area contributed by atoms with Gasteiger partial charge in [0.2, 0.25) is 11.8 Å². The Labute approximate surface area is 153 Å². The molecule has 1 aromatic heterocycles. The van der Waals surface area contributed by atoms with Crippen molar-refractivity contribution in [1.29, 1.82) is 0 Å². The Kier molecular flexibility index (Phi) is 5.78. The standard InChI is InChI=1S/C19H25N3O2S/c1-12-6-4-8-15(10-12)18-21-22-19(24-18)25-11-17(23)20-16-9-5-7-13(2)14(16)3/h4,6,8,10,13-14,16H,5,7,9,11H2,1-3H3,(H,20,23)/t13-,14+,16+/m1/s1. The summed E-state index contributed by atoms with van der Waals surface area (Å²) in [4.78, 5) is 12.2. The molecule has 0 spiro atoms. The van der Waals surface area contributed by atoms with Gasteiger partial charge in [0, 0.05) is 11.6 Å². The van der Waals surface area contributed by atoms with Crippen molar-refractivity contribution in [2.45, 2.75) is 51.3 Å². The fourth-order valence-corrected chi connectivity index (χ4v) is 3.90. The van der Waals surface area contributed by atoms with E-state index in [0.29, 0.717) is 28.7 Å². The number of hydrogen-bond acceptors (Lipinski definition) is 5. The first-order valence-corrected chi connectivity index (χ1v) is 9.84. The molecule has 5 nitrogen and oxygen atoms in total. The molecule has 1 saturated carbocycles. The van der Waals surface area contributed by atoms with Crippen LogP contribution in [0.5, 0.6) is 0 Å². The van der Waals surface area contributed by atoms with E-state index in [2.05, 4.69) is 29.4 Å². The number of aromatic nitrogens is 2. The van der Waals surface area contributed by atoms with Gasteiger partial charge in [0.1, 0.15) is 0 Å². The van der Waals surface area contributed by atoms with Gasteiger partial charge in [-0.3, -0.25) is 4.79 Å². The van der Waals surface area contributed by atoms with Gasteiger partial charge in [-0.05, 0) is 37.3 Å². The van der Waals surface area contributed by atoms with Crippen molar-refractivity contribution in [1.82, 2.24) is 15.5 Å². The summed E-state index contributed by atoms with van der Waals surface area (Å²) in [6.07, 6.45) is 3.51. The molecule has 1 heterocycles. The van der Waals surface area contributed by atoms with Crippen molar-refractivity contribution in [3.8, 4) is 11.5 Å². The molecule has 3 rings (SSSR count). The minimum atomic E-state index is 0.0336. The minimum Gasteiger partial charge on any atom is -0.411 e. The average molecular weight is 359 g/mol. The van der Waals surface area contributed by atoms with E-state index in [4.69, 9.17) is 4.42 Å². The maximum absolute atomic E-state index is 12.2. The maximum atomic E-state index is 12.2. The Morgan fingerprint density at radius 3 is 2.96 bits per heavy atom. The van der Waals surface area contributed by atoms with Gasteiger partial charge >= 0.3 is 0 Å². The SMILES string of the molecule is Cc1cccc(-c2nnc(SCC(=O)N[C@H]3CCC[C@@H](C)[C@@H]3C)o2)c1. The molecule has 2 aromatic rings. The van der Waals surface area contributed by atoms with Gasteiger partial charge in [-0.2, -0.15) is 0 Å². The summed E-state index contributed by atoms with van der Waals surface area (Å²) >= 11 is 1.29. The van der Waals surface area contributed by atoms with Crippen LogP contribution in [0.3, 0.4) is 0 Å². The van der Waals surface area contributed by atoms with Crippen LogP contribution in [0.2, 0.25) is 0 Å². The topological polar surface area (TPSA) is 68.0 Å². The second kappa shape index (κ2) is 8.04. The van der Waals surface area contributed by atoms with Gasteiger partial charge < -0.3 is 9.73 Å². The van der Waals surface area contributed by atoms with E-state index >= 15 is 0 Å². The quantitative estimate of drug-likeness (QED) is 0.815. The molecular weight excluding hydrogens is 334 g/mol. The molecule has 3 atom stereocenters. The number of nitrogens with one attached hydrogen (secondary N) is 1. The lowest BCUT2D eigenvalue weighted by atomic mass is 9.78. The van der Waals surface area contributed by atoms with Crippen molar-refractivity contribution < 1.29 is 9.21 Å². The molecule has 25 heavy (non-hydrogen) atoms. The number of benzene rings is 1.